The molecule has 2 aromatic rings. The molecule has 27 heavy (non-hydrogen) atoms. The highest BCUT2D eigenvalue weighted by Gasteiger charge is 2.20. The zero-order valence-corrected chi connectivity index (χ0v) is 17.0. The summed E-state index contributed by atoms with van der Waals surface area (Å²) in [4.78, 5) is 12.7. The number of aryl methyl sites for hydroxylation is 4. The van der Waals surface area contributed by atoms with E-state index in [9.17, 15) is 4.79 Å². The Morgan fingerprint density at radius 3 is 2.48 bits per heavy atom. The van der Waals surface area contributed by atoms with Crippen molar-refractivity contribution in [3.8, 4) is 5.75 Å². The van der Waals surface area contributed by atoms with E-state index in [0.29, 0.717) is 0 Å². The lowest BCUT2D eigenvalue weighted by Crippen LogP contribution is -2.38. The van der Waals surface area contributed by atoms with Gasteiger partial charge in [-0.2, -0.15) is 0 Å². The van der Waals surface area contributed by atoms with Gasteiger partial charge in [0.2, 0.25) is 0 Å². The van der Waals surface area contributed by atoms with Gasteiger partial charge < -0.3 is 10.1 Å². The summed E-state index contributed by atoms with van der Waals surface area (Å²) in [5.74, 6) is 0.667. The topological polar surface area (TPSA) is 38.3 Å². The average Bonchev–Trinajstić information content (AvgIpc) is 2.68. The summed E-state index contributed by atoms with van der Waals surface area (Å²) in [6, 6.07) is 12.7. The summed E-state index contributed by atoms with van der Waals surface area (Å²) in [6.45, 7) is 8.04. The first-order valence-electron chi connectivity index (χ1n) is 10.1. The van der Waals surface area contributed by atoms with Crippen LogP contribution in [0.3, 0.4) is 0 Å². The quantitative estimate of drug-likeness (QED) is 0.762. The van der Waals surface area contributed by atoms with Gasteiger partial charge in [-0.05, 0) is 92.8 Å². The number of hydrogen-bond donors (Lipinski definition) is 1. The summed E-state index contributed by atoms with van der Waals surface area (Å²) >= 11 is 0. The number of ether oxygens (including phenoxy) is 1. The van der Waals surface area contributed by atoms with Crippen molar-refractivity contribution >= 4 is 5.91 Å². The summed E-state index contributed by atoms with van der Waals surface area (Å²) in [7, 11) is 0. The van der Waals surface area contributed by atoms with Crippen molar-refractivity contribution in [3.05, 3.63) is 64.2 Å². The number of hydrogen-bond acceptors (Lipinski definition) is 2. The van der Waals surface area contributed by atoms with Crippen LogP contribution >= 0.6 is 0 Å². The van der Waals surface area contributed by atoms with Crippen molar-refractivity contribution in [3.63, 3.8) is 0 Å². The monoisotopic (exact) mass is 365 g/mol. The van der Waals surface area contributed by atoms with Crippen LogP contribution in [0.4, 0.5) is 0 Å². The molecule has 1 amide bonds. The van der Waals surface area contributed by atoms with Crippen molar-refractivity contribution in [2.45, 2.75) is 71.9 Å². The van der Waals surface area contributed by atoms with E-state index in [1.165, 1.54) is 47.1 Å². The fourth-order valence-electron chi connectivity index (χ4n) is 3.73. The van der Waals surface area contributed by atoms with Crippen molar-refractivity contribution in [2.24, 2.45) is 0 Å². The van der Waals surface area contributed by atoms with E-state index >= 15 is 0 Å². The molecule has 0 spiro atoms. The van der Waals surface area contributed by atoms with Crippen molar-refractivity contribution in [1.82, 2.24) is 5.32 Å². The number of nitrogens with one attached hydrogen (secondary N) is 1. The number of amides is 1. The molecule has 0 aromatic heterocycles. The Kier molecular flexibility index (Phi) is 6.20. The first-order valence-corrected chi connectivity index (χ1v) is 10.1. The molecular weight excluding hydrogens is 334 g/mol. The number of benzene rings is 2. The van der Waals surface area contributed by atoms with Crippen LogP contribution in [0.1, 0.15) is 67.0 Å². The zero-order valence-electron chi connectivity index (χ0n) is 17.0. The van der Waals surface area contributed by atoms with E-state index in [4.69, 9.17) is 4.74 Å². The van der Waals surface area contributed by atoms with Crippen LogP contribution in [0.2, 0.25) is 0 Å². The fourth-order valence-corrected chi connectivity index (χ4v) is 3.73. The predicted octanol–water partition coefficient (Wildman–Crippen LogP) is 5.22. The van der Waals surface area contributed by atoms with E-state index in [1.54, 1.807) is 0 Å². The molecule has 3 heteroatoms. The van der Waals surface area contributed by atoms with E-state index < -0.39 is 6.10 Å². The van der Waals surface area contributed by atoms with Gasteiger partial charge in [0.15, 0.2) is 6.10 Å². The molecule has 3 rings (SSSR count). The Labute approximate surface area is 163 Å². The van der Waals surface area contributed by atoms with Crippen molar-refractivity contribution in [2.75, 3.05) is 0 Å². The molecule has 1 N–H and O–H groups in total. The minimum absolute atomic E-state index is 0.0236. The molecule has 0 saturated carbocycles. The Morgan fingerprint density at radius 1 is 1.04 bits per heavy atom. The maximum absolute atomic E-state index is 12.7. The smallest absolute Gasteiger partial charge is 0.261 e. The third-order valence-corrected chi connectivity index (χ3v) is 5.66. The summed E-state index contributed by atoms with van der Waals surface area (Å²) < 4.78 is 5.87. The molecule has 0 saturated heterocycles. The Morgan fingerprint density at radius 2 is 1.78 bits per heavy atom. The SMILES string of the molecule is CC[C@H](NC(=O)[C@H](C)Oc1ccc(C)c(C)c1)c1ccc2c(c1)CCCC2. The summed E-state index contributed by atoms with van der Waals surface area (Å²) in [5.41, 5.74) is 6.51. The lowest BCUT2D eigenvalue weighted by Gasteiger charge is -2.23. The van der Waals surface area contributed by atoms with Crippen LogP contribution < -0.4 is 10.1 Å². The highest BCUT2D eigenvalue weighted by molar-refractivity contribution is 5.81. The van der Waals surface area contributed by atoms with E-state index in [0.717, 1.165) is 18.6 Å². The first kappa shape index (κ1) is 19.5. The molecule has 0 aliphatic heterocycles. The Bertz CT molecular complexity index is 812. The van der Waals surface area contributed by atoms with Crippen LogP contribution in [0.5, 0.6) is 5.75 Å². The predicted molar refractivity (Wildman–Crippen MR) is 110 cm³/mol. The van der Waals surface area contributed by atoms with Gasteiger partial charge in [-0.3, -0.25) is 4.79 Å². The molecule has 0 radical (unpaired) electrons. The van der Waals surface area contributed by atoms with Gasteiger partial charge in [0.1, 0.15) is 5.75 Å². The van der Waals surface area contributed by atoms with Gasteiger partial charge >= 0.3 is 0 Å². The lowest BCUT2D eigenvalue weighted by molar-refractivity contribution is -0.128. The molecule has 2 aromatic carbocycles. The van der Waals surface area contributed by atoms with E-state index in [-0.39, 0.29) is 11.9 Å². The lowest BCUT2D eigenvalue weighted by atomic mass is 9.89. The molecule has 0 heterocycles. The third-order valence-electron chi connectivity index (χ3n) is 5.66. The van der Waals surface area contributed by atoms with Crippen molar-refractivity contribution in [1.29, 1.82) is 0 Å². The van der Waals surface area contributed by atoms with E-state index in [2.05, 4.69) is 44.3 Å². The van der Waals surface area contributed by atoms with E-state index in [1.807, 2.05) is 25.1 Å². The molecule has 1 aliphatic carbocycles. The van der Waals surface area contributed by atoms with Crippen molar-refractivity contribution < 1.29 is 9.53 Å². The van der Waals surface area contributed by atoms with Gasteiger partial charge in [0.05, 0.1) is 6.04 Å². The average molecular weight is 366 g/mol. The molecule has 3 nitrogen and oxygen atoms in total. The highest BCUT2D eigenvalue weighted by Crippen LogP contribution is 2.26. The number of carbonyl (C=O) groups excluding carboxylic acids is 1. The Hall–Kier alpha value is -2.29. The third kappa shape index (κ3) is 4.71. The van der Waals surface area contributed by atoms with Gasteiger partial charge in [-0.15, -0.1) is 0 Å². The van der Waals surface area contributed by atoms with Crippen LogP contribution in [0.25, 0.3) is 0 Å². The molecule has 0 unspecified atom stereocenters. The first-order chi connectivity index (χ1) is 13.0. The van der Waals surface area contributed by atoms with Gasteiger partial charge in [0.25, 0.3) is 5.91 Å². The summed E-state index contributed by atoms with van der Waals surface area (Å²) in [5, 5.41) is 3.17. The number of rotatable bonds is 6. The Balaban J connectivity index is 1.66. The normalized spacial score (nSPS) is 15.6. The molecular formula is C24H31NO2. The van der Waals surface area contributed by atoms with Crippen LogP contribution in [-0.2, 0) is 17.6 Å². The number of fused-ring (bicyclic) bond motifs is 1. The molecule has 0 bridgehead atoms. The molecule has 1 aliphatic rings. The summed E-state index contributed by atoms with van der Waals surface area (Å²) in [6.07, 6.45) is 5.22. The van der Waals surface area contributed by atoms with Gasteiger partial charge in [0, 0.05) is 0 Å². The minimum atomic E-state index is -0.529. The van der Waals surface area contributed by atoms with Crippen LogP contribution in [0.15, 0.2) is 36.4 Å². The molecule has 144 valence electrons. The van der Waals surface area contributed by atoms with Crippen LogP contribution in [-0.4, -0.2) is 12.0 Å². The second-order valence-electron chi connectivity index (χ2n) is 7.71. The van der Waals surface area contributed by atoms with Gasteiger partial charge in [-0.1, -0.05) is 31.2 Å². The standard InChI is InChI=1S/C24H31NO2/c1-5-23(21-12-11-19-8-6-7-9-20(19)15-21)25-24(26)18(4)27-22-13-10-16(2)17(3)14-22/h10-15,18,23H,5-9H2,1-4H3,(H,25,26)/t18-,23-/m0/s1. The van der Waals surface area contributed by atoms with Crippen LogP contribution in [0, 0.1) is 13.8 Å². The molecule has 2 atom stereocenters. The molecule has 0 fully saturated rings. The highest BCUT2D eigenvalue weighted by atomic mass is 16.5. The number of carbonyl (C=O) groups is 1. The maximum Gasteiger partial charge on any atom is 0.261 e. The van der Waals surface area contributed by atoms with Gasteiger partial charge in [-0.25, -0.2) is 0 Å². The zero-order chi connectivity index (χ0) is 19.4. The minimum Gasteiger partial charge on any atom is -0.481 e. The fraction of sp³-hybridized carbons (Fsp3) is 0.458. The largest absolute Gasteiger partial charge is 0.481 e. The second-order valence-corrected chi connectivity index (χ2v) is 7.71. The maximum atomic E-state index is 12.7. The second kappa shape index (κ2) is 8.60.